The topological polar surface area (TPSA) is 81.9 Å². The highest BCUT2D eigenvalue weighted by atomic mass is 31.2. The molecule has 0 saturated carbocycles. The van der Waals surface area contributed by atoms with Crippen LogP contribution in [0, 0.1) is 10.1 Å². The van der Waals surface area contributed by atoms with E-state index in [1.54, 1.807) is 4.67 Å². The summed E-state index contributed by atoms with van der Waals surface area (Å²) >= 11 is 0. The molecule has 0 unspecified atom stereocenters. The Bertz CT molecular complexity index is 343. The zero-order chi connectivity index (χ0) is 12.5. The fraction of sp³-hybridized carbons (Fsp3) is 1.00. The van der Waals surface area contributed by atoms with E-state index in [-0.39, 0.29) is 13.2 Å². The van der Waals surface area contributed by atoms with Crippen LogP contribution in [0.2, 0.25) is 0 Å². The van der Waals surface area contributed by atoms with Crippen molar-refractivity contribution >= 4 is 7.75 Å². The molecule has 2 fully saturated rings. The zero-order valence-electron chi connectivity index (χ0n) is 9.83. The summed E-state index contributed by atoms with van der Waals surface area (Å²) in [5.41, 5.74) is -1.29. The van der Waals surface area contributed by atoms with Crippen molar-refractivity contribution in [3.63, 3.8) is 0 Å². The Morgan fingerprint density at radius 2 is 1.76 bits per heavy atom. The predicted octanol–water partition coefficient (Wildman–Crippen LogP) is 1.66. The van der Waals surface area contributed by atoms with Gasteiger partial charge < -0.3 is 0 Å². The minimum atomic E-state index is -3.28. The Balaban J connectivity index is 2.01. The fourth-order valence-electron chi connectivity index (χ4n) is 1.91. The third-order valence-electron chi connectivity index (χ3n) is 3.20. The van der Waals surface area contributed by atoms with Gasteiger partial charge in [0.1, 0.15) is 13.2 Å². The molecule has 0 aromatic heterocycles. The molecule has 0 atom stereocenters. The molecule has 0 amide bonds. The number of nitrogens with zero attached hydrogens (tertiary/aromatic N) is 2. The molecule has 0 N–H and O–H groups in total. The first-order valence-electron chi connectivity index (χ1n) is 5.75. The maximum Gasteiger partial charge on any atom is 0.408 e. The van der Waals surface area contributed by atoms with Crippen molar-refractivity contribution in [2.75, 3.05) is 26.3 Å². The van der Waals surface area contributed by atoms with Gasteiger partial charge in [-0.1, -0.05) is 6.42 Å². The van der Waals surface area contributed by atoms with E-state index in [9.17, 15) is 14.7 Å². The molecule has 2 rings (SSSR count). The molecule has 2 saturated heterocycles. The highest BCUT2D eigenvalue weighted by Gasteiger charge is 2.50. The zero-order valence-corrected chi connectivity index (χ0v) is 10.7. The molecule has 0 aromatic carbocycles. The summed E-state index contributed by atoms with van der Waals surface area (Å²) in [7, 11) is -3.28. The van der Waals surface area contributed by atoms with Gasteiger partial charge in [0.15, 0.2) is 0 Å². The van der Waals surface area contributed by atoms with Crippen LogP contribution in [0.25, 0.3) is 0 Å². The standard InChI is InChI=1S/C9H17N2O5P/c1-9(11(12)13)7-15-17(14,16-8-9)10-5-3-2-4-6-10/h2-8H2,1H3. The summed E-state index contributed by atoms with van der Waals surface area (Å²) in [6, 6.07) is 0. The minimum absolute atomic E-state index is 0.159. The number of piperidine rings is 1. The first-order valence-corrected chi connectivity index (χ1v) is 7.25. The van der Waals surface area contributed by atoms with Gasteiger partial charge in [0.05, 0.1) is 0 Å². The van der Waals surface area contributed by atoms with E-state index < -0.39 is 18.2 Å². The normalized spacial score (nSPS) is 40.1. The van der Waals surface area contributed by atoms with Gasteiger partial charge in [-0.25, -0.2) is 9.24 Å². The van der Waals surface area contributed by atoms with E-state index in [1.807, 2.05) is 0 Å². The monoisotopic (exact) mass is 264 g/mol. The smallest absolute Gasteiger partial charge is 0.289 e. The van der Waals surface area contributed by atoms with E-state index in [0.717, 1.165) is 19.3 Å². The van der Waals surface area contributed by atoms with Gasteiger partial charge in [0.2, 0.25) is 0 Å². The third-order valence-corrected chi connectivity index (χ3v) is 5.20. The Morgan fingerprint density at radius 3 is 2.24 bits per heavy atom. The molecule has 0 aromatic rings. The predicted molar refractivity (Wildman–Crippen MR) is 60.3 cm³/mol. The molecule has 2 aliphatic rings. The van der Waals surface area contributed by atoms with Crippen LogP contribution in [0.15, 0.2) is 0 Å². The summed E-state index contributed by atoms with van der Waals surface area (Å²) in [6.45, 7) is 2.47. The van der Waals surface area contributed by atoms with Crippen LogP contribution >= 0.6 is 7.75 Å². The molecule has 2 heterocycles. The van der Waals surface area contributed by atoms with Gasteiger partial charge in [-0.2, -0.15) is 0 Å². The van der Waals surface area contributed by atoms with Gasteiger partial charge >= 0.3 is 7.75 Å². The van der Waals surface area contributed by atoms with Crippen molar-refractivity contribution in [2.45, 2.75) is 31.7 Å². The average Bonchev–Trinajstić information content (AvgIpc) is 2.34. The van der Waals surface area contributed by atoms with Crippen LogP contribution in [0.1, 0.15) is 26.2 Å². The average molecular weight is 264 g/mol. The second-order valence-corrected chi connectivity index (χ2v) is 6.80. The van der Waals surface area contributed by atoms with Crippen LogP contribution in [0.5, 0.6) is 0 Å². The summed E-state index contributed by atoms with van der Waals surface area (Å²) in [6.07, 6.45) is 3.04. The second-order valence-electron chi connectivity index (χ2n) is 4.78. The van der Waals surface area contributed by atoms with E-state index in [4.69, 9.17) is 9.05 Å². The summed E-state index contributed by atoms with van der Waals surface area (Å²) in [5, 5.41) is 10.8. The van der Waals surface area contributed by atoms with Crippen molar-refractivity contribution in [1.29, 1.82) is 0 Å². The number of nitro groups is 1. The number of rotatable bonds is 2. The van der Waals surface area contributed by atoms with Crippen LogP contribution < -0.4 is 0 Å². The summed E-state index contributed by atoms with van der Waals surface area (Å²) in [4.78, 5) is 10.4. The maximum atomic E-state index is 12.4. The molecule has 7 nitrogen and oxygen atoms in total. The van der Waals surface area contributed by atoms with Gasteiger partial charge in [0.25, 0.3) is 5.54 Å². The fourth-order valence-corrected chi connectivity index (χ4v) is 3.97. The molecule has 8 heteroatoms. The third kappa shape index (κ3) is 2.52. The van der Waals surface area contributed by atoms with Gasteiger partial charge in [0, 0.05) is 24.9 Å². The molecule has 0 aliphatic carbocycles. The summed E-state index contributed by atoms with van der Waals surface area (Å²) in [5.74, 6) is 0. The van der Waals surface area contributed by atoms with Crippen molar-refractivity contribution in [3.05, 3.63) is 10.1 Å². The van der Waals surface area contributed by atoms with E-state index in [2.05, 4.69) is 0 Å². The minimum Gasteiger partial charge on any atom is -0.289 e. The number of hydrogen-bond acceptors (Lipinski definition) is 5. The van der Waals surface area contributed by atoms with Gasteiger partial charge in [-0.05, 0) is 12.8 Å². The van der Waals surface area contributed by atoms with Gasteiger partial charge in [-0.3, -0.25) is 19.2 Å². The Hall–Kier alpha value is -0.490. The maximum absolute atomic E-state index is 12.4. The Morgan fingerprint density at radius 1 is 1.24 bits per heavy atom. The van der Waals surface area contributed by atoms with Crippen LogP contribution in [0.4, 0.5) is 0 Å². The lowest BCUT2D eigenvalue weighted by Crippen LogP contribution is -2.48. The van der Waals surface area contributed by atoms with E-state index in [0.29, 0.717) is 13.1 Å². The van der Waals surface area contributed by atoms with Crippen molar-refractivity contribution in [3.8, 4) is 0 Å². The SMILES string of the molecule is CC1([N+](=O)[O-])COP(=O)(N2CCCCC2)OC1. The molecule has 0 radical (unpaired) electrons. The van der Waals surface area contributed by atoms with Crippen molar-refractivity contribution in [2.24, 2.45) is 0 Å². The van der Waals surface area contributed by atoms with E-state index >= 15 is 0 Å². The quantitative estimate of drug-likeness (QED) is 0.428. The molecular weight excluding hydrogens is 247 g/mol. The molecule has 2 aliphatic heterocycles. The molecule has 17 heavy (non-hydrogen) atoms. The van der Waals surface area contributed by atoms with Crippen LogP contribution in [-0.4, -0.2) is 41.4 Å². The van der Waals surface area contributed by atoms with Crippen LogP contribution in [-0.2, 0) is 13.6 Å². The second kappa shape index (κ2) is 4.65. The molecule has 98 valence electrons. The molecule has 0 spiro atoms. The van der Waals surface area contributed by atoms with Gasteiger partial charge in [-0.15, -0.1) is 0 Å². The van der Waals surface area contributed by atoms with E-state index in [1.165, 1.54) is 6.92 Å². The first kappa shape index (κ1) is 13.0. The first-order chi connectivity index (χ1) is 7.96. The lowest BCUT2D eigenvalue weighted by atomic mass is 10.1. The number of hydrogen-bond donors (Lipinski definition) is 0. The largest absolute Gasteiger partial charge is 0.408 e. The Labute approximate surface area is 99.8 Å². The van der Waals surface area contributed by atoms with Crippen molar-refractivity contribution in [1.82, 2.24) is 4.67 Å². The Kier molecular flexibility index (Phi) is 3.54. The lowest BCUT2D eigenvalue weighted by Gasteiger charge is -2.37. The lowest BCUT2D eigenvalue weighted by molar-refractivity contribution is -0.573. The molecule has 0 bridgehead atoms. The molecular formula is C9H17N2O5P. The highest BCUT2D eigenvalue weighted by Crippen LogP contribution is 2.56. The summed E-state index contributed by atoms with van der Waals surface area (Å²) < 4.78 is 24.4. The van der Waals surface area contributed by atoms with Crippen molar-refractivity contribution < 1.29 is 18.5 Å². The van der Waals surface area contributed by atoms with Crippen LogP contribution in [0.3, 0.4) is 0 Å². The highest BCUT2D eigenvalue weighted by molar-refractivity contribution is 7.51.